The standard InChI is InChI=1S/C25H33N5O3.C17H20N4.C8H15NO4.ClH/c1-17-13-20-21(14-18(17)2)28-16-19(15-26)23(20)30-10-6-9-29(11-12-30)22(31)7-8-27-24(32)33-25(3,4)5;1-12-8-15-16(9-13(12)2)20-11-14(10-18)17(15)21-6-3-4-19-5-7-21;1-8(2,3)13-7(12)9-5-4-6(10)11;/h13-14,16H,6-12H2,1-5H3,(H,27,32);8-9,11,19H,3-7H2,1-2H3;4-5H2,1-3H3,(H,9,12)(H,10,11);1H. The second-order valence-electron chi connectivity index (χ2n) is 18.7. The smallest absolute Gasteiger partial charge is 0.407 e. The molecule has 2 saturated heterocycles. The lowest BCUT2D eigenvalue weighted by Crippen LogP contribution is -2.38. The molecule has 18 heteroatoms. The zero-order valence-electron chi connectivity index (χ0n) is 41.3. The Morgan fingerprint density at radius 1 is 0.662 bits per heavy atom. The SMILES string of the molecule is CC(C)(C)OC(=O)NCCC(=O)O.Cc1cc2ncc(C#N)c(N3CCCN(C(=O)CCNC(=O)OC(C)(C)C)CC3)c2cc1C.Cc1cc2ncc(C#N)c(N3CCCNCC3)c2cc1C.Cl. The molecule has 17 nitrogen and oxygen atoms in total. The van der Waals surface area contributed by atoms with Gasteiger partial charge in [0.25, 0.3) is 0 Å². The van der Waals surface area contributed by atoms with Crippen LogP contribution in [0.1, 0.15) is 101 Å². The number of halogens is 1. The summed E-state index contributed by atoms with van der Waals surface area (Å²) in [6.07, 6.45) is 4.26. The minimum absolute atomic E-state index is 0. The number of pyridine rings is 2. The lowest BCUT2D eigenvalue weighted by molar-refractivity contribution is -0.137. The molecule has 3 amide bonds. The molecule has 368 valence electrons. The first-order valence-electron chi connectivity index (χ1n) is 22.8. The van der Waals surface area contributed by atoms with Gasteiger partial charge in [-0.1, -0.05) is 0 Å². The number of hydrogen-bond acceptors (Lipinski definition) is 13. The molecular formula is C50H69ClN10O7. The summed E-state index contributed by atoms with van der Waals surface area (Å²) in [5.41, 5.74) is 8.70. The molecular weight excluding hydrogens is 888 g/mol. The number of carboxylic acid groups (broad SMARTS) is 1. The van der Waals surface area contributed by atoms with Crippen molar-refractivity contribution in [2.45, 2.75) is 106 Å². The number of nitriles is 2. The number of alkyl carbamates (subject to hydrolysis) is 2. The molecule has 6 rings (SSSR count). The Morgan fingerprint density at radius 3 is 1.59 bits per heavy atom. The summed E-state index contributed by atoms with van der Waals surface area (Å²) in [6.45, 7) is 25.8. The molecule has 0 radical (unpaired) electrons. The number of aliphatic carboxylic acids is 1. The molecule has 4 N–H and O–H groups in total. The van der Waals surface area contributed by atoms with E-state index in [0.29, 0.717) is 30.8 Å². The van der Waals surface area contributed by atoms with Gasteiger partial charge in [0.15, 0.2) is 0 Å². The largest absolute Gasteiger partial charge is 0.481 e. The van der Waals surface area contributed by atoms with Gasteiger partial charge in [0, 0.05) is 88.5 Å². The predicted octanol–water partition coefficient (Wildman–Crippen LogP) is 7.61. The molecule has 4 heterocycles. The first-order chi connectivity index (χ1) is 31.6. The Labute approximate surface area is 407 Å². The Balaban J connectivity index is 0.000000299. The first-order valence-corrected chi connectivity index (χ1v) is 22.8. The summed E-state index contributed by atoms with van der Waals surface area (Å²) in [4.78, 5) is 60.8. The zero-order valence-corrected chi connectivity index (χ0v) is 42.1. The van der Waals surface area contributed by atoms with Gasteiger partial charge in [-0.05, 0) is 135 Å². The maximum atomic E-state index is 12.7. The van der Waals surface area contributed by atoms with Gasteiger partial charge in [-0.3, -0.25) is 19.6 Å². The van der Waals surface area contributed by atoms with Gasteiger partial charge in [0.1, 0.15) is 23.3 Å². The lowest BCUT2D eigenvalue weighted by atomic mass is 10.0. The van der Waals surface area contributed by atoms with Crippen LogP contribution in [0.5, 0.6) is 0 Å². The van der Waals surface area contributed by atoms with Gasteiger partial charge in [-0.15, -0.1) is 12.4 Å². The molecule has 68 heavy (non-hydrogen) atoms. The van der Waals surface area contributed by atoms with E-state index in [4.69, 9.17) is 14.6 Å². The fourth-order valence-corrected chi connectivity index (χ4v) is 7.51. The second-order valence-corrected chi connectivity index (χ2v) is 18.7. The lowest BCUT2D eigenvalue weighted by Gasteiger charge is -2.26. The summed E-state index contributed by atoms with van der Waals surface area (Å²) >= 11 is 0. The fourth-order valence-electron chi connectivity index (χ4n) is 7.51. The van der Waals surface area contributed by atoms with Crippen LogP contribution in [0.3, 0.4) is 0 Å². The number of rotatable bonds is 8. The summed E-state index contributed by atoms with van der Waals surface area (Å²) in [5, 5.41) is 37.9. The summed E-state index contributed by atoms with van der Waals surface area (Å²) in [6, 6.07) is 13.1. The molecule has 2 aromatic heterocycles. The zero-order chi connectivity index (χ0) is 49.5. The van der Waals surface area contributed by atoms with Crippen LogP contribution in [0.25, 0.3) is 21.8 Å². The van der Waals surface area contributed by atoms with Crippen LogP contribution < -0.4 is 25.8 Å². The average Bonchev–Trinajstić information content (AvgIpc) is 3.67. The Kier molecular flexibility index (Phi) is 21.1. The molecule has 0 unspecified atom stereocenters. The summed E-state index contributed by atoms with van der Waals surface area (Å²) in [7, 11) is 0. The number of anilines is 2. The number of benzene rings is 2. The van der Waals surface area contributed by atoms with E-state index in [1.165, 1.54) is 16.7 Å². The monoisotopic (exact) mass is 957 g/mol. The molecule has 2 aromatic carbocycles. The average molecular weight is 958 g/mol. The Bertz CT molecular complexity index is 2480. The molecule has 0 bridgehead atoms. The number of carbonyl (C=O) groups is 4. The normalized spacial score (nSPS) is 14.0. The molecule has 0 spiro atoms. The van der Waals surface area contributed by atoms with Gasteiger partial charge < -0.3 is 45.2 Å². The number of nitrogens with one attached hydrogen (secondary N) is 3. The van der Waals surface area contributed by atoms with Crippen LogP contribution in [0.4, 0.5) is 21.0 Å². The van der Waals surface area contributed by atoms with Crippen molar-refractivity contribution in [2.75, 3.05) is 75.2 Å². The summed E-state index contributed by atoms with van der Waals surface area (Å²) in [5.74, 6) is -0.949. The highest BCUT2D eigenvalue weighted by Crippen LogP contribution is 2.33. The number of carbonyl (C=O) groups excluding carboxylic acids is 3. The number of carboxylic acids is 1. The number of amides is 3. The maximum Gasteiger partial charge on any atom is 0.407 e. The predicted molar refractivity (Wildman–Crippen MR) is 268 cm³/mol. The van der Waals surface area contributed by atoms with Crippen molar-refractivity contribution in [3.8, 4) is 12.1 Å². The van der Waals surface area contributed by atoms with Crippen molar-refractivity contribution in [3.05, 3.63) is 70.0 Å². The van der Waals surface area contributed by atoms with E-state index in [1.807, 2.05) is 4.90 Å². The van der Waals surface area contributed by atoms with E-state index in [9.17, 15) is 29.7 Å². The van der Waals surface area contributed by atoms with Crippen LogP contribution in [0, 0.1) is 50.4 Å². The Hall–Kier alpha value is -6.43. The third kappa shape index (κ3) is 17.0. The highest BCUT2D eigenvalue weighted by molar-refractivity contribution is 5.96. The van der Waals surface area contributed by atoms with Crippen LogP contribution in [-0.4, -0.2) is 121 Å². The van der Waals surface area contributed by atoms with Crippen molar-refractivity contribution in [2.24, 2.45) is 0 Å². The molecule has 2 fully saturated rings. The van der Waals surface area contributed by atoms with Crippen molar-refractivity contribution < 1.29 is 33.8 Å². The van der Waals surface area contributed by atoms with E-state index in [1.54, 1.807) is 53.9 Å². The minimum atomic E-state index is -0.948. The van der Waals surface area contributed by atoms with E-state index in [-0.39, 0.29) is 44.2 Å². The van der Waals surface area contributed by atoms with Crippen LogP contribution in [0.2, 0.25) is 0 Å². The van der Waals surface area contributed by atoms with E-state index in [2.05, 4.69) is 99.8 Å². The minimum Gasteiger partial charge on any atom is -0.481 e. The molecule has 2 aliphatic heterocycles. The van der Waals surface area contributed by atoms with Crippen molar-refractivity contribution in [1.82, 2.24) is 30.8 Å². The molecule has 4 aromatic rings. The van der Waals surface area contributed by atoms with E-state index >= 15 is 0 Å². The topological polar surface area (TPSA) is 226 Å². The summed E-state index contributed by atoms with van der Waals surface area (Å²) < 4.78 is 10.1. The van der Waals surface area contributed by atoms with Crippen molar-refractivity contribution in [3.63, 3.8) is 0 Å². The number of aromatic nitrogens is 2. The number of ether oxygens (including phenoxy) is 2. The first kappa shape index (κ1) is 55.9. The third-order valence-electron chi connectivity index (χ3n) is 11.0. The van der Waals surface area contributed by atoms with E-state index < -0.39 is 29.4 Å². The third-order valence-corrected chi connectivity index (χ3v) is 11.0. The number of hydrogen-bond donors (Lipinski definition) is 4. The van der Waals surface area contributed by atoms with Gasteiger partial charge >= 0.3 is 18.2 Å². The number of aryl methyl sites for hydroxylation is 4. The molecule has 0 atom stereocenters. The number of fused-ring (bicyclic) bond motifs is 2. The second kappa shape index (κ2) is 25.6. The van der Waals surface area contributed by atoms with Crippen LogP contribution in [0.15, 0.2) is 36.7 Å². The van der Waals surface area contributed by atoms with Gasteiger partial charge in [0.05, 0.1) is 40.0 Å². The van der Waals surface area contributed by atoms with E-state index in [0.717, 1.165) is 84.3 Å². The van der Waals surface area contributed by atoms with Crippen molar-refractivity contribution >= 4 is 69.7 Å². The molecule has 2 aliphatic rings. The molecule has 0 aliphatic carbocycles. The Morgan fingerprint density at radius 2 is 1.12 bits per heavy atom. The number of nitrogens with zero attached hydrogens (tertiary/aromatic N) is 7. The van der Waals surface area contributed by atoms with Crippen molar-refractivity contribution in [1.29, 1.82) is 10.5 Å². The van der Waals surface area contributed by atoms with Gasteiger partial charge in [-0.2, -0.15) is 10.5 Å². The van der Waals surface area contributed by atoms with Crippen LogP contribution >= 0.6 is 12.4 Å². The highest BCUT2D eigenvalue weighted by Gasteiger charge is 2.24. The molecule has 0 saturated carbocycles. The fraction of sp³-hybridized carbons (Fsp3) is 0.520. The maximum absolute atomic E-state index is 12.7. The highest BCUT2D eigenvalue weighted by atomic mass is 35.5. The van der Waals surface area contributed by atoms with Gasteiger partial charge in [-0.25, -0.2) is 9.59 Å². The van der Waals surface area contributed by atoms with Crippen LogP contribution in [-0.2, 0) is 19.1 Å². The quantitative estimate of drug-likeness (QED) is 0.133. The van der Waals surface area contributed by atoms with Gasteiger partial charge in [0.2, 0.25) is 5.91 Å².